The van der Waals surface area contributed by atoms with E-state index in [4.69, 9.17) is 4.74 Å². The highest BCUT2D eigenvalue weighted by Gasteiger charge is 2.31. The van der Waals surface area contributed by atoms with Gasteiger partial charge in [-0.1, -0.05) is 54.6 Å². The van der Waals surface area contributed by atoms with Crippen molar-refractivity contribution in [2.24, 2.45) is 5.92 Å². The lowest BCUT2D eigenvalue weighted by Gasteiger charge is -2.31. The Hall–Kier alpha value is -4.00. The number of carbonyl (C=O) groups excluding carboxylic acids is 2. The molecule has 7 nitrogen and oxygen atoms in total. The first-order valence-corrected chi connectivity index (χ1v) is 11.6. The number of rotatable bonds is 5. The minimum atomic E-state index is -0.286. The largest absolute Gasteiger partial charge is 0.466 e. The van der Waals surface area contributed by atoms with Crippen molar-refractivity contribution in [3.8, 4) is 22.4 Å². The molecule has 0 saturated carbocycles. The van der Waals surface area contributed by atoms with Gasteiger partial charge in [0.25, 0.3) is 5.91 Å². The summed E-state index contributed by atoms with van der Waals surface area (Å²) in [6.07, 6.45) is 4.77. The average molecular weight is 455 g/mol. The molecule has 1 atom stereocenters. The molecule has 4 aromatic rings. The van der Waals surface area contributed by atoms with Gasteiger partial charge in [-0.25, -0.2) is 9.50 Å². The summed E-state index contributed by atoms with van der Waals surface area (Å²) in [4.78, 5) is 31.7. The Morgan fingerprint density at radius 1 is 1.00 bits per heavy atom. The van der Waals surface area contributed by atoms with Gasteiger partial charge in [-0.05, 0) is 37.0 Å². The number of hydrogen-bond acceptors (Lipinski definition) is 5. The Morgan fingerprint density at radius 3 is 2.50 bits per heavy atom. The Bertz CT molecular complexity index is 1310. The maximum Gasteiger partial charge on any atom is 0.310 e. The standard InChI is InChI=1S/C27H26N4O3/c1-2-34-27(33)22-9-6-16-30(18-22)26(32)23-17-29-31-24(14-15-28-25(23)31)21-12-10-20(11-13-21)19-7-4-3-5-8-19/h3-5,7-8,10-15,17,22H,2,6,9,16,18H2,1H3/t22-/m0/s1. The van der Waals surface area contributed by atoms with E-state index in [0.717, 1.165) is 35.2 Å². The number of nitrogens with zero attached hydrogens (tertiary/aromatic N) is 4. The zero-order valence-corrected chi connectivity index (χ0v) is 19.1. The number of ether oxygens (including phenoxy) is 1. The second-order valence-electron chi connectivity index (χ2n) is 8.41. The highest BCUT2D eigenvalue weighted by atomic mass is 16.5. The summed E-state index contributed by atoms with van der Waals surface area (Å²) in [6.45, 7) is 3.10. The molecule has 172 valence electrons. The van der Waals surface area contributed by atoms with Crippen molar-refractivity contribution in [3.63, 3.8) is 0 Å². The molecule has 7 heteroatoms. The fourth-order valence-corrected chi connectivity index (χ4v) is 4.51. The maximum absolute atomic E-state index is 13.3. The van der Waals surface area contributed by atoms with E-state index in [-0.39, 0.29) is 17.8 Å². The number of likely N-dealkylation sites (tertiary alicyclic amines) is 1. The number of aromatic nitrogens is 3. The minimum absolute atomic E-state index is 0.159. The second kappa shape index (κ2) is 9.47. The molecule has 0 N–H and O–H groups in total. The average Bonchev–Trinajstić information content (AvgIpc) is 3.33. The van der Waals surface area contributed by atoms with E-state index < -0.39 is 0 Å². The third-order valence-corrected chi connectivity index (χ3v) is 6.25. The first kappa shape index (κ1) is 21.8. The van der Waals surface area contributed by atoms with Crippen LogP contribution in [-0.4, -0.2) is 51.1 Å². The third-order valence-electron chi connectivity index (χ3n) is 6.25. The minimum Gasteiger partial charge on any atom is -0.466 e. The van der Waals surface area contributed by atoms with E-state index >= 15 is 0 Å². The highest BCUT2D eigenvalue weighted by molar-refractivity contribution is 6.00. The zero-order chi connectivity index (χ0) is 23.5. The van der Waals surface area contributed by atoms with Gasteiger partial charge in [0.1, 0.15) is 5.56 Å². The molecule has 5 rings (SSSR count). The number of fused-ring (bicyclic) bond motifs is 1. The predicted octanol–water partition coefficient (Wildman–Crippen LogP) is 4.48. The van der Waals surface area contributed by atoms with Crippen LogP contribution in [0.2, 0.25) is 0 Å². The zero-order valence-electron chi connectivity index (χ0n) is 19.1. The molecule has 0 radical (unpaired) electrons. The van der Waals surface area contributed by atoms with Gasteiger partial charge in [0.2, 0.25) is 0 Å². The van der Waals surface area contributed by atoms with Crippen LogP contribution in [-0.2, 0) is 9.53 Å². The molecule has 1 aliphatic rings. The number of piperidine rings is 1. The van der Waals surface area contributed by atoms with Gasteiger partial charge >= 0.3 is 5.97 Å². The molecule has 0 unspecified atom stereocenters. The van der Waals surface area contributed by atoms with Crippen molar-refractivity contribution in [1.29, 1.82) is 0 Å². The summed E-state index contributed by atoms with van der Waals surface area (Å²) in [5, 5.41) is 4.49. The Kier molecular flexibility index (Phi) is 6.08. The van der Waals surface area contributed by atoms with Crippen LogP contribution in [0, 0.1) is 5.92 Å². The van der Waals surface area contributed by atoms with Crippen LogP contribution < -0.4 is 0 Å². The van der Waals surface area contributed by atoms with Crippen LogP contribution in [0.1, 0.15) is 30.1 Å². The van der Waals surface area contributed by atoms with Gasteiger partial charge < -0.3 is 9.64 Å². The topological polar surface area (TPSA) is 76.8 Å². The van der Waals surface area contributed by atoms with Crippen LogP contribution in [0.4, 0.5) is 0 Å². The van der Waals surface area contributed by atoms with Crippen molar-refractivity contribution >= 4 is 17.5 Å². The van der Waals surface area contributed by atoms with E-state index in [2.05, 4.69) is 46.5 Å². The van der Waals surface area contributed by atoms with Gasteiger partial charge in [0.15, 0.2) is 5.65 Å². The van der Waals surface area contributed by atoms with Gasteiger partial charge in [-0.3, -0.25) is 9.59 Å². The number of benzene rings is 2. The van der Waals surface area contributed by atoms with Gasteiger partial charge in [0.05, 0.1) is 24.4 Å². The number of amides is 1. The molecule has 3 heterocycles. The van der Waals surface area contributed by atoms with E-state index in [9.17, 15) is 9.59 Å². The predicted molar refractivity (Wildman–Crippen MR) is 129 cm³/mol. The first-order chi connectivity index (χ1) is 16.7. The molecule has 1 aliphatic heterocycles. The number of carbonyl (C=O) groups is 2. The Morgan fingerprint density at radius 2 is 1.74 bits per heavy atom. The summed E-state index contributed by atoms with van der Waals surface area (Å²) >= 11 is 0. The molecule has 0 spiro atoms. The molecule has 1 fully saturated rings. The van der Waals surface area contributed by atoms with Gasteiger partial charge in [-0.15, -0.1) is 0 Å². The lowest BCUT2D eigenvalue weighted by atomic mass is 9.97. The first-order valence-electron chi connectivity index (χ1n) is 11.6. The van der Waals surface area contributed by atoms with Gasteiger partial charge in [-0.2, -0.15) is 5.10 Å². The van der Waals surface area contributed by atoms with Crippen molar-refractivity contribution in [1.82, 2.24) is 19.5 Å². The number of hydrogen-bond donors (Lipinski definition) is 0. The van der Waals surface area contributed by atoms with Crippen LogP contribution in [0.5, 0.6) is 0 Å². The normalized spacial score (nSPS) is 15.9. The third kappa shape index (κ3) is 4.17. The van der Waals surface area contributed by atoms with Crippen LogP contribution in [0.25, 0.3) is 28.0 Å². The maximum atomic E-state index is 13.3. The number of esters is 1. The molecule has 1 amide bonds. The van der Waals surface area contributed by atoms with E-state index in [1.165, 1.54) is 0 Å². The molecule has 0 bridgehead atoms. The molecule has 1 saturated heterocycles. The summed E-state index contributed by atoms with van der Waals surface area (Å²) in [5.74, 6) is -0.682. The van der Waals surface area contributed by atoms with Crippen LogP contribution in [0.15, 0.2) is 73.1 Å². The quantitative estimate of drug-likeness (QED) is 0.416. The van der Waals surface area contributed by atoms with Crippen molar-refractivity contribution < 1.29 is 14.3 Å². The Labute approximate surface area is 198 Å². The summed E-state index contributed by atoms with van der Waals surface area (Å²) in [5.41, 5.74) is 5.07. The molecular weight excluding hydrogens is 428 g/mol. The molecular formula is C27H26N4O3. The van der Waals surface area contributed by atoms with Crippen LogP contribution in [0.3, 0.4) is 0 Å². The smallest absolute Gasteiger partial charge is 0.310 e. The second-order valence-corrected chi connectivity index (χ2v) is 8.41. The van der Waals surface area contributed by atoms with Gasteiger partial charge in [0, 0.05) is 24.8 Å². The summed E-state index contributed by atoms with van der Waals surface area (Å²) in [6, 6.07) is 20.4. The fraction of sp³-hybridized carbons (Fsp3) is 0.259. The molecule has 34 heavy (non-hydrogen) atoms. The molecule has 0 aliphatic carbocycles. The van der Waals surface area contributed by atoms with E-state index in [0.29, 0.717) is 30.9 Å². The Balaban J connectivity index is 1.41. The van der Waals surface area contributed by atoms with E-state index in [1.807, 2.05) is 24.3 Å². The lowest BCUT2D eigenvalue weighted by Crippen LogP contribution is -2.42. The fourth-order valence-electron chi connectivity index (χ4n) is 4.51. The summed E-state index contributed by atoms with van der Waals surface area (Å²) in [7, 11) is 0. The van der Waals surface area contributed by atoms with Crippen LogP contribution >= 0.6 is 0 Å². The van der Waals surface area contributed by atoms with Crippen molar-refractivity contribution in [2.45, 2.75) is 19.8 Å². The molecule has 2 aromatic heterocycles. The monoisotopic (exact) mass is 454 g/mol. The van der Waals surface area contributed by atoms with Crippen molar-refractivity contribution in [2.75, 3.05) is 19.7 Å². The van der Waals surface area contributed by atoms with E-state index in [1.54, 1.807) is 28.7 Å². The highest BCUT2D eigenvalue weighted by Crippen LogP contribution is 2.26. The summed E-state index contributed by atoms with van der Waals surface area (Å²) < 4.78 is 6.87. The SMILES string of the molecule is CCOC(=O)[C@H]1CCCN(C(=O)c2cnn3c(-c4ccc(-c5ccccc5)cc4)ccnc23)C1. The van der Waals surface area contributed by atoms with Crippen molar-refractivity contribution in [3.05, 3.63) is 78.6 Å². The lowest BCUT2D eigenvalue weighted by molar-refractivity contribution is -0.149. The molecule has 2 aromatic carbocycles.